The van der Waals surface area contributed by atoms with Crippen LogP contribution in [-0.2, 0) is 9.84 Å². The molecule has 0 saturated heterocycles. The third-order valence-electron chi connectivity index (χ3n) is 2.42. The molecule has 1 aromatic rings. The van der Waals surface area contributed by atoms with Crippen LogP contribution in [0.5, 0.6) is 0 Å². The lowest BCUT2D eigenvalue weighted by Gasteiger charge is -2.09. The molecule has 1 aromatic carbocycles. The van der Waals surface area contributed by atoms with Gasteiger partial charge in [0.2, 0.25) is 0 Å². The SMILES string of the molecule is Cc1c(C(=O)O)cccc1S(=O)(=O)CCCO. The second-order valence-electron chi connectivity index (χ2n) is 3.63. The summed E-state index contributed by atoms with van der Waals surface area (Å²) in [6.45, 7) is 1.26. The third kappa shape index (κ3) is 3.04. The van der Waals surface area contributed by atoms with Gasteiger partial charge in [-0.05, 0) is 31.0 Å². The largest absolute Gasteiger partial charge is 0.478 e. The predicted octanol–water partition coefficient (Wildman–Crippen LogP) is 0.849. The molecule has 0 aliphatic carbocycles. The van der Waals surface area contributed by atoms with Gasteiger partial charge in [0.25, 0.3) is 0 Å². The van der Waals surface area contributed by atoms with Gasteiger partial charge in [-0.1, -0.05) is 6.07 Å². The van der Waals surface area contributed by atoms with Crippen molar-refractivity contribution in [1.29, 1.82) is 0 Å². The number of sulfone groups is 1. The molecule has 0 saturated carbocycles. The molecule has 0 aromatic heterocycles. The number of hydrogen-bond acceptors (Lipinski definition) is 4. The highest BCUT2D eigenvalue weighted by Gasteiger charge is 2.20. The van der Waals surface area contributed by atoms with Gasteiger partial charge < -0.3 is 10.2 Å². The highest BCUT2D eigenvalue weighted by molar-refractivity contribution is 7.91. The molecule has 5 nitrogen and oxygen atoms in total. The molecule has 1 rings (SSSR count). The summed E-state index contributed by atoms with van der Waals surface area (Å²) in [5.41, 5.74) is 0.216. The van der Waals surface area contributed by atoms with Crippen LogP contribution in [0, 0.1) is 6.92 Å². The quantitative estimate of drug-likeness (QED) is 0.817. The Morgan fingerprint density at radius 2 is 2.00 bits per heavy atom. The molecule has 0 radical (unpaired) electrons. The second-order valence-corrected chi connectivity index (χ2v) is 5.71. The lowest BCUT2D eigenvalue weighted by Crippen LogP contribution is -2.12. The zero-order valence-electron chi connectivity index (χ0n) is 9.38. The Kier molecular flexibility index (Phi) is 4.25. The molecule has 0 aliphatic rings. The molecular weight excluding hydrogens is 244 g/mol. The summed E-state index contributed by atoms with van der Waals surface area (Å²) in [5, 5.41) is 17.5. The van der Waals surface area contributed by atoms with Crippen molar-refractivity contribution in [2.24, 2.45) is 0 Å². The minimum Gasteiger partial charge on any atom is -0.478 e. The van der Waals surface area contributed by atoms with E-state index in [-0.39, 0.29) is 34.8 Å². The van der Waals surface area contributed by atoms with E-state index in [9.17, 15) is 13.2 Å². The summed E-state index contributed by atoms with van der Waals surface area (Å²) < 4.78 is 23.8. The van der Waals surface area contributed by atoms with Crippen LogP contribution in [0.1, 0.15) is 22.3 Å². The van der Waals surface area contributed by atoms with Gasteiger partial charge in [-0.3, -0.25) is 0 Å². The topological polar surface area (TPSA) is 91.7 Å². The fourth-order valence-corrected chi connectivity index (χ4v) is 3.14. The maximum atomic E-state index is 11.9. The Balaban J connectivity index is 3.24. The van der Waals surface area contributed by atoms with E-state index in [2.05, 4.69) is 0 Å². The van der Waals surface area contributed by atoms with Crippen molar-refractivity contribution < 1.29 is 23.4 Å². The van der Waals surface area contributed by atoms with Gasteiger partial charge in [-0.2, -0.15) is 0 Å². The van der Waals surface area contributed by atoms with Crippen LogP contribution in [0.4, 0.5) is 0 Å². The van der Waals surface area contributed by atoms with E-state index in [1.165, 1.54) is 25.1 Å². The maximum Gasteiger partial charge on any atom is 0.335 e. The summed E-state index contributed by atoms with van der Waals surface area (Å²) in [7, 11) is -3.53. The first kappa shape index (κ1) is 13.7. The highest BCUT2D eigenvalue weighted by atomic mass is 32.2. The number of carboxylic acid groups (broad SMARTS) is 1. The van der Waals surface area contributed by atoms with Crippen molar-refractivity contribution in [3.63, 3.8) is 0 Å². The van der Waals surface area contributed by atoms with Gasteiger partial charge >= 0.3 is 5.97 Å². The van der Waals surface area contributed by atoms with Crippen LogP contribution in [0.15, 0.2) is 23.1 Å². The third-order valence-corrected chi connectivity index (χ3v) is 4.36. The first-order valence-electron chi connectivity index (χ1n) is 5.06. The van der Waals surface area contributed by atoms with E-state index >= 15 is 0 Å². The molecule has 0 unspecified atom stereocenters. The van der Waals surface area contributed by atoms with Crippen LogP contribution in [0.2, 0.25) is 0 Å². The van der Waals surface area contributed by atoms with Gasteiger partial charge in [0.1, 0.15) is 0 Å². The maximum absolute atomic E-state index is 11.9. The first-order valence-corrected chi connectivity index (χ1v) is 6.72. The second kappa shape index (κ2) is 5.29. The zero-order chi connectivity index (χ0) is 13.1. The molecule has 0 heterocycles. The number of carboxylic acids is 1. The van der Waals surface area contributed by atoms with Gasteiger partial charge in [-0.25, -0.2) is 13.2 Å². The minimum absolute atomic E-state index is 0.0185. The minimum atomic E-state index is -3.53. The molecule has 0 atom stereocenters. The normalized spacial score (nSPS) is 11.4. The van der Waals surface area contributed by atoms with Crippen molar-refractivity contribution in [3.8, 4) is 0 Å². The molecular formula is C11H14O5S. The Bertz CT molecular complexity index is 519. The summed E-state index contributed by atoms with van der Waals surface area (Å²) in [4.78, 5) is 10.9. The van der Waals surface area contributed by atoms with Crippen LogP contribution in [-0.4, -0.2) is 37.0 Å². The number of aromatic carboxylic acids is 1. The smallest absolute Gasteiger partial charge is 0.335 e. The van der Waals surface area contributed by atoms with E-state index in [0.29, 0.717) is 0 Å². The van der Waals surface area contributed by atoms with Gasteiger partial charge in [0, 0.05) is 6.61 Å². The van der Waals surface area contributed by atoms with Crippen molar-refractivity contribution in [1.82, 2.24) is 0 Å². The van der Waals surface area contributed by atoms with Crippen molar-refractivity contribution >= 4 is 15.8 Å². The summed E-state index contributed by atoms with van der Waals surface area (Å²) in [6.07, 6.45) is 0.138. The molecule has 94 valence electrons. The average Bonchev–Trinajstić information content (AvgIpc) is 2.26. The lowest BCUT2D eigenvalue weighted by molar-refractivity contribution is 0.0696. The summed E-state index contributed by atoms with van der Waals surface area (Å²) in [5.74, 6) is -1.34. The number of benzene rings is 1. The van der Waals surface area contributed by atoms with Crippen LogP contribution in [0.25, 0.3) is 0 Å². The van der Waals surface area contributed by atoms with E-state index < -0.39 is 15.8 Å². The Labute approximate surface area is 99.6 Å². The van der Waals surface area contributed by atoms with Gasteiger partial charge in [0.15, 0.2) is 9.84 Å². The molecule has 0 spiro atoms. The Morgan fingerprint density at radius 1 is 1.35 bits per heavy atom. The Morgan fingerprint density at radius 3 is 2.53 bits per heavy atom. The van der Waals surface area contributed by atoms with E-state index in [4.69, 9.17) is 10.2 Å². The first-order chi connectivity index (χ1) is 7.90. The Hall–Kier alpha value is -1.40. The van der Waals surface area contributed by atoms with Crippen molar-refractivity contribution in [3.05, 3.63) is 29.3 Å². The fourth-order valence-electron chi connectivity index (χ4n) is 1.55. The van der Waals surface area contributed by atoms with Crippen molar-refractivity contribution in [2.75, 3.05) is 12.4 Å². The van der Waals surface area contributed by atoms with E-state index in [0.717, 1.165) is 0 Å². The molecule has 0 aliphatic heterocycles. The predicted molar refractivity (Wildman–Crippen MR) is 61.9 cm³/mol. The number of aliphatic hydroxyl groups is 1. The molecule has 6 heteroatoms. The molecule has 2 N–H and O–H groups in total. The van der Waals surface area contributed by atoms with Crippen LogP contribution in [0.3, 0.4) is 0 Å². The molecule has 0 amide bonds. The average molecular weight is 258 g/mol. The summed E-state index contributed by atoms with van der Waals surface area (Å²) in [6, 6.07) is 4.15. The van der Waals surface area contributed by atoms with Crippen LogP contribution < -0.4 is 0 Å². The highest BCUT2D eigenvalue weighted by Crippen LogP contribution is 2.20. The van der Waals surface area contributed by atoms with E-state index in [1.807, 2.05) is 0 Å². The van der Waals surface area contributed by atoms with E-state index in [1.54, 1.807) is 0 Å². The standard InChI is InChI=1S/C11H14O5S/c1-8-9(11(13)14)4-2-5-10(8)17(15,16)7-3-6-12/h2,4-5,12H,3,6-7H2,1H3,(H,13,14). The fraction of sp³-hybridized carbons (Fsp3) is 0.364. The zero-order valence-corrected chi connectivity index (χ0v) is 10.2. The molecule has 0 bridgehead atoms. The monoisotopic (exact) mass is 258 g/mol. The van der Waals surface area contributed by atoms with Gasteiger partial charge in [0.05, 0.1) is 16.2 Å². The van der Waals surface area contributed by atoms with Crippen molar-refractivity contribution in [2.45, 2.75) is 18.2 Å². The number of aliphatic hydroxyl groups excluding tert-OH is 1. The molecule has 17 heavy (non-hydrogen) atoms. The number of rotatable bonds is 5. The number of carbonyl (C=O) groups is 1. The van der Waals surface area contributed by atoms with Crippen LogP contribution >= 0.6 is 0 Å². The molecule has 0 fully saturated rings. The summed E-state index contributed by atoms with van der Waals surface area (Å²) >= 11 is 0. The lowest BCUT2D eigenvalue weighted by atomic mass is 10.1. The number of hydrogen-bond donors (Lipinski definition) is 2. The van der Waals surface area contributed by atoms with Gasteiger partial charge in [-0.15, -0.1) is 0 Å².